The summed E-state index contributed by atoms with van der Waals surface area (Å²) in [7, 11) is 0. The number of aliphatic imine (C=N–C) groups is 1. The maximum atomic E-state index is 14.1. The number of aliphatic hydroxyl groups is 1. The SMILES string of the molecule is CC/C=C(\N=C(N)c1ccc(NCCO)cc1)C1(Sc2ccc(F)cc2F)CC1. The minimum absolute atomic E-state index is 0.0604. The van der Waals surface area contributed by atoms with Crippen LogP contribution in [0.15, 0.2) is 64.1 Å². The van der Waals surface area contributed by atoms with Crippen LogP contribution in [0.4, 0.5) is 14.5 Å². The molecular formula is C22H25F2N3OS. The number of allylic oxidation sites excluding steroid dienone is 1. The Hall–Kier alpha value is -2.38. The van der Waals surface area contributed by atoms with Gasteiger partial charge in [-0.1, -0.05) is 13.0 Å². The standard InChI is InChI=1S/C22H25F2N3OS/c1-2-3-20(22(10-11-22)29-19-9-6-16(23)14-18(19)24)27-21(25)15-4-7-17(8-5-15)26-12-13-28/h3-9,14,26,28H,2,10-13H2,1H3,(H2,25,27)/b20-3-. The summed E-state index contributed by atoms with van der Waals surface area (Å²) in [5.41, 5.74) is 8.76. The quantitative estimate of drug-likeness (QED) is 0.409. The molecule has 7 heteroatoms. The summed E-state index contributed by atoms with van der Waals surface area (Å²) >= 11 is 1.38. The average molecular weight is 418 g/mol. The number of nitrogens with one attached hydrogen (secondary N) is 1. The Balaban J connectivity index is 1.81. The van der Waals surface area contributed by atoms with E-state index in [0.29, 0.717) is 17.3 Å². The molecule has 0 spiro atoms. The van der Waals surface area contributed by atoms with E-state index in [1.165, 1.54) is 23.9 Å². The highest BCUT2D eigenvalue weighted by atomic mass is 32.2. The van der Waals surface area contributed by atoms with Crippen molar-refractivity contribution >= 4 is 23.3 Å². The van der Waals surface area contributed by atoms with Gasteiger partial charge in [0, 0.05) is 28.8 Å². The number of rotatable bonds is 9. The number of hydrogen-bond acceptors (Lipinski definition) is 4. The molecule has 3 rings (SSSR count). The number of thioether (sulfide) groups is 1. The lowest BCUT2D eigenvalue weighted by Crippen LogP contribution is -2.17. The van der Waals surface area contributed by atoms with Gasteiger partial charge >= 0.3 is 0 Å². The van der Waals surface area contributed by atoms with E-state index in [2.05, 4.69) is 10.3 Å². The molecule has 0 radical (unpaired) electrons. The van der Waals surface area contributed by atoms with Crippen LogP contribution in [0.3, 0.4) is 0 Å². The van der Waals surface area contributed by atoms with E-state index in [9.17, 15) is 8.78 Å². The number of nitrogens with zero attached hydrogens (tertiary/aromatic N) is 1. The summed E-state index contributed by atoms with van der Waals surface area (Å²) in [6.45, 7) is 2.56. The Kier molecular flexibility index (Phi) is 6.92. The second-order valence-corrected chi connectivity index (χ2v) is 8.32. The monoisotopic (exact) mass is 417 g/mol. The summed E-state index contributed by atoms with van der Waals surface area (Å²) in [5, 5.41) is 12.0. The third-order valence-electron chi connectivity index (χ3n) is 4.63. The van der Waals surface area contributed by atoms with Crippen molar-refractivity contribution in [3.05, 3.63) is 71.4 Å². The first kappa shape index (κ1) is 21.3. The van der Waals surface area contributed by atoms with Crippen LogP contribution in [0.5, 0.6) is 0 Å². The predicted octanol–water partition coefficient (Wildman–Crippen LogP) is 4.69. The van der Waals surface area contributed by atoms with Crippen molar-refractivity contribution in [3.8, 4) is 0 Å². The molecule has 1 fully saturated rings. The predicted molar refractivity (Wildman–Crippen MR) is 115 cm³/mol. The lowest BCUT2D eigenvalue weighted by molar-refractivity contribution is 0.311. The lowest BCUT2D eigenvalue weighted by Gasteiger charge is -2.17. The number of aliphatic hydroxyl groups excluding tert-OH is 1. The van der Waals surface area contributed by atoms with Gasteiger partial charge in [-0.2, -0.15) is 0 Å². The molecule has 154 valence electrons. The maximum Gasteiger partial charge on any atom is 0.139 e. The molecule has 0 heterocycles. The molecule has 0 unspecified atom stereocenters. The first-order valence-electron chi connectivity index (χ1n) is 9.61. The fraction of sp³-hybridized carbons (Fsp3) is 0.318. The van der Waals surface area contributed by atoms with Crippen LogP contribution >= 0.6 is 11.8 Å². The number of halogens is 2. The molecule has 0 aromatic heterocycles. The third-order valence-corrected chi connectivity index (χ3v) is 6.19. The fourth-order valence-electron chi connectivity index (χ4n) is 2.97. The Bertz CT molecular complexity index is 909. The summed E-state index contributed by atoms with van der Waals surface area (Å²) in [6.07, 6.45) is 4.53. The summed E-state index contributed by atoms with van der Waals surface area (Å²) in [5.74, 6) is -0.745. The van der Waals surface area contributed by atoms with Crippen LogP contribution in [0.2, 0.25) is 0 Å². The topological polar surface area (TPSA) is 70.6 Å². The number of benzene rings is 2. The zero-order chi connectivity index (χ0) is 20.9. The summed E-state index contributed by atoms with van der Waals surface area (Å²) in [4.78, 5) is 5.10. The van der Waals surface area contributed by atoms with Crippen LogP contribution in [-0.2, 0) is 0 Å². The van der Waals surface area contributed by atoms with E-state index >= 15 is 0 Å². The summed E-state index contributed by atoms with van der Waals surface area (Å²) in [6, 6.07) is 11.2. The van der Waals surface area contributed by atoms with Gasteiger partial charge < -0.3 is 16.2 Å². The highest BCUT2D eigenvalue weighted by molar-refractivity contribution is 8.01. The van der Waals surface area contributed by atoms with Gasteiger partial charge in [-0.15, -0.1) is 11.8 Å². The third kappa shape index (κ3) is 5.36. The van der Waals surface area contributed by atoms with Crippen LogP contribution in [-0.4, -0.2) is 28.8 Å². The molecule has 29 heavy (non-hydrogen) atoms. The van der Waals surface area contributed by atoms with E-state index in [1.54, 1.807) is 0 Å². The van der Waals surface area contributed by atoms with Crippen molar-refractivity contribution < 1.29 is 13.9 Å². The smallest absolute Gasteiger partial charge is 0.139 e. The zero-order valence-corrected chi connectivity index (χ0v) is 17.1. The fourth-order valence-corrected chi connectivity index (χ4v) is 4.23. The molecular weight excluding hydrogens is 392 g/mol. The molecule has 4 N–H and O–H groups in total. The minimum atomic E-state index is -0.583. The van der Waals surface area contributed by atoms with E-state index in [0.717, 1.165) is 42.3 Å². The Morgan fingerprint density at radius 1 is 1.24 bits per heavy atom. The van der Waals surface area contributed by atoms with E-state index in [4.69, 9.17) is 10.8 Å². The van der Waals surface area contributed by atoms with Gasteiger partial charge in [0.25, 0.3) is 0 Å². The Morgan fingerprint density at radius 3 is 2.55 bits per heavy atom. The van der Waals surface area contributed by atoms with Gasteiger partial charge in [0.1, 0.15) is 17.5 Å². The first-order chi connectivity index (χ1) is 14.0. The van der Waals surface area contributed by atoms with Crippen LogP contribution in [0.25, 0.3) is 0 Å². The van der Waals surface area contributed by atoms with Crippen molar-refractivity contribution in [2.45, 2.75) is 35.8 Å². The molecule has 2 aromatic carbocycles. The van der Waals surface area contributed by atoms with Gasteiger partial charge in [-0.05, 0) is 55.7 Å². The molecule has 0 saturated heterocycles. The minimum Gasteiger partial charge on any atom is -0.395 e. The molecule has 4 nitrogen and oxygen atoms in total. The first-order valence-corrected chi connectivity index (χ1v) is 10.4. The second kappa shape index (κ2) is 9.41. The second-order valence-electron chi connectivity index (χ2n) is 6.89. The molecule has 0 bridgehead atoms. The molecule has 0 aliphatic heterocycles. The van der Waals surface area contributed by atoms with Crippen molar-refractivity contribution in [2.24, 2.45) is 10.7 Å². The van der Waals surface area contributed by atoms with Crippen LogP contribution in [0.1, 0.15) is 31.7 Å². The van der Waals surface area contributed by atoms with Gasteiger partial charge in [-0.3, -0.25) is 0 Å². The van der Waals surface area contributed by atoms with E-state index in [1.807, 2.05) is 37.3 Å². The zero-order valence-electron chi connectivity index (χ0n) is 16.3. The normalized spacial score (nSPS) is 16.0. The van der Waals surface area contributed by atoms with Gasteiger partial charge in [-0.25, -0.2) is 13.8 Å². The molecule has 0 amide bonds. The van der Waals surface area contributed by atoms with Gasteiger partial charge in [0.15, 0.2) is 0 Å². The highest BCUT2D eigenvalue weighted by Crippen LogP contribution is 2.57. The number of amidine groups is 1. The van der Waals surface area contributed by atoms with Crippen molar-refractivity contribution in [2.75, 3.05) is 18.5 Å². The molecule has 2 aromatic rings. The van der Waals surface area contributed by atoms with E-state index < -0.39 is 11.6 Å². The van der Waals surface area contributed by atoms with Crippen LogP contribution < -0.4 is 11.1 Å². The molecule has 1 aliphatic rings. The Labute approximate surface area is 173 Å². The summed E-state index contributed by atoms with van der Waals surface area (Å²) < 4.78 is 27.0. The highest BCUT2D eigenvalue weighted by Gasteiger charge is 2.48. The van der Waals surface area contributed by atoms with Crippen molar-refractivity contribution in [1.82, 2.24) is 0 Å². The largest absolute Gasteiger partial charge is 0.395 e. The van der Waals surface area contributed by atoms with Gasteiger partial charge in [0.05, 0.1) is 17.1 Å². The average Bonchev–Trinajstić information content (AvgIpc) is 3.49. The number of nitrogens with two attached hydrogens (primary N) is 1. The van der Waals surface area contributed by atoms with Crippen molar-refractivity contribution in [3.63, 3.8) is 0 Å². The van der Waals surface area contributed by atoms with Crippen LogP contribution in [0, 0.1) is 11.6 Å². The van der Waals surface area contributed by atoms with E-state index in [-0.39, 0.29) is 11.4 Å². The molecule has 1 saturated carbocycles. The molecule has 0 atom stereocenters. The van der Waals surface area contributed by atoms with Crippen molar-refractivity contribution in [1.29, 1.82) is 0 Å². The number of hydrogen-bond donors (Lipinski definition) is 3. The maximum absolute atomic E-state index is 14.1. The molecule has 1 aliphatic carbocycles. The number of anilines is 1. The van der Waals surface area contributed by atoms with Gasteiger partial charge in [0.2, 0.25) is 0 Å². The lowest BCUT2D eigenvalue weighted by atomic mass is 10.1. The Morgan fingerprint density at radius 2 is 1.97 bits per heavy atom.